The van der Waals surface area contributed by atoms with Crippen LogP contribution in [0.4, 0.5) is 5.69 Å². The fraction of sp³-hybridized carbons (Fsp3) is 0.312. The van der Waals surface area contributed by atoms with Crippen LogP contribution in [0.25, 0.3) is 0 Å². The number of aromatic nitrogens is 1. The third kappa shape index (κ3) is 2.36. The van der Waals surface area contributed by atoms with Gasteiger partial charge in [-0.3, -0.25) is 9.59 Å². The number of para-hydroxylation sites is 1. The van der Waals surface area contributed by atoms with Gasteiger partial charge in [0.25, 0.3) is 5.91 Å². The number of amides is 1. The molecule has 1 aromatic carbocycles. The Labute approximate surface area is 127 Å². The zero-order valence-corrected chi connectivity index (χ0v) is 12.4. The molecule has 1 aromatic heterocycles. The van der Waals surface area contributed by atoms with E-state index in [1.54, 1.807) is 17.9 Å². The number of ether oxygens (including phenoxy) is 1. The van der Waals surface area contributed by atoms with Crippen LogP contribution in [-0.4, -0.2) is 30.7 Å². The average Bonchev–Trinajstić information content (AvgIpc) is 2.99. The predicted molar refractivity (Wildman–Crippen MR) is 78.7 cm³/mol. The van der Waals surface area contributed by atoms with Gasteiger partial charge in [0.15, 0.2) is 5.69 Å². The number of methoxy groups -OCH3 is 1. The lowest BCUT2D eigenvalue weighted by atomic mass is 9.89. The number of carbonyl (C=O) groups is 2. The van der Waals surface area contributed by atoms with Crippen molar-refractivity contribution in [1.29, 1.82) is 0 Å². The lowest BCUT2D eigenvalue weighted by Crippen LogP contribution is -2.38. The minimum atomic E-state index is -0.343. The van der Waals surface area contributed by atoms with Gasteiger partial charge in [-0.15, -0.1) is 0 Å². The van der Waals surface area contributed by atoms with Gasteiger partial charge in [-0.25, -0.2) is 0 Å². The zero-order chi connectivity index (χ0) is 15.7. The molecule has 0 bridgehead atoms. The molecule has 3 rings (SSSR count). The van der Waals surface area contributed by atoms with E-state index in [1.165, 1.54) is 7.11 Å². The van der Waals surface area contributed by atoms with Gasteiger partial charge < -0.3 is 14.2 Å². The number of aryl methyl sites for hydroxylation is 1. The summed E-state index contributed by atoms with van der Waals surface area (Å²) in [4.78, 5) is 26.2. The first-order chi connectivity index (χ1) is 10.6. The summed E-state index contributed by atoms with van der Waals surface area (Å²) < 4.78 is 9.83. The molecule has 6 nitrogen and oxygen atoms in total. The van der Waals surface area contributed by atoms with E-state index in [9.17, 15) is 9.59 Å². The number of hydrogen-bond acceptors (Lipinski definition) is 5. The molecule has 2 heterocycles. The lowest BCUT2D eigenvalue weighted by Gasteiger charge is -2.32. The molecule has 0 radical (unpaired) electrons. The Kier molecular flexibility index (Phi) is 3.66. The Morgan fingerprint density at radius 1 is 1.36 bits per heavy atom. The Morgan fingerprint density at radius 2 is 2.14 bits per heavy atom. The fourth-order valence-electron chi connectivity index (χ4n) is 2.77. The van der Waals surface area contributed by atoms with Crippen molar-refractivity contribution in [1.82, 2.24) is 5.16 Å². The highest BCUT2D eigenvalue weighted by molar-refractivity contribution is 6.06. The summed E-state index contributed by atoms with van der Waals surface area (Å²) in [5.74, 6) is -0.269. The van der Waals surface area contributed by atoms with Gasteiger partial charge in [-0.05, 0) is 25.0 Å². The van der Waals surface area contributed by atoms with Gasteiger partial charge in [0.1, 0.15) is 5.76 Å². The van der Waals surface area contributed by atoms with Crippen LogP contribution in [0.5, 0.6) is 0 Å². The maximum atomic E-state index is 12.6. The Balaban J connectivity index is 1.97. The van der Waals surface area contributed by atoms with Crippen molar-refractivity contribution in [2.45, 2.75) is 19.3 Å². The normalized spacial score (nSPS) is 17.0. The molecule has 1 unspecified atom stereocenters. The minimum Gasteiger partial charge on any atom is -0.469 e. The van der Waals surface area contributed by atoms with Crippen LogP contribution in [0.1, 0.15) is 34.2 Å². The molecule has 114 valence electrons. The number of fused-ring (bicyclic) bond motifs is 1. The molecule has 0 fully saturated rings. The van der Waals surface area contributed by atoms with Gasteiger partial charge in [0.2, 0.25) is 0 Å². The number of rotatable bonds is 2. The first-order valence-electron chi connectivity index (χ1n) is 7.03. The second kappa shape index (κ2) is 5.63. The fourth-order valence-corrected chi connectivity index (χ4v) is 2.77. The van der Waals surface area contributed by atoms with Gasteiger partial charge in [0.05, 0.1) is 13.0 Å². The molecule has 0 N–H and O–H groups in total. The largest absolute Gasteiger partial charge is 0.469 e. The number of esters is 1. The van der Waals surface area contributed by atoms with Crippen LogP contribution in [0.15, 0.2) is 34.9 Å². The van der Waals surface area contributed by atoms with E-state index in [2.05, 4.69) is 5.16 Å². The van der Waals surface area contributed by atoms with E-state index < -0.39 is 0 Å². The monoisotopic (exact) mass is 300 g/mol. The Bertz CT molecular complexity index is 722. The predicted octanol–water partition coefficient (Wildman–Crippen LogP) is 2.29. The molecular formula is C16H16N2O4. The number of nitrogens with zero attached hydrogens (tertiary/aromatic N) is 2. The SMILES string of the molecule is COC(=O)C1CCN(C(=O)c2cc(C)on2)c2ccccc21. The smallest absolute Gasteiger partial charge is 0.313 e. The third-order valence-electron chi connectivity index (χ3n) is 3.82. The van der Waals surface area contributed by atoms with Gasteiger partial charge in [0, 0.05) is 18.3 Å². The highest BCUT2D eigenvalue weighted by Crippen LogP contribution is 2.36. The van der Waals surface area contributed by atoms with E-state index in [0.717, 1.165) is 11.3 Å². The Morgan fingerprint density at radius 3 is 2.82 bits per heavy atom. The number of anilines is 1. The molecule has 1 aliphatic rings. The molecule has 22 heavy (non-hydrogen) atoms. The summed E-state index contributed by atoms with van der Waals surface area (Å²) in [5, 5.41) is 3.78. The van der Waals surface area contributed by atoms with Gasteiger partial charge >= 0.3 is 5.97 Å². The van der Waals surface area contributed by atoms with Crippen LogP contribution in [0.3, 0.4) is 0 Å². The van der Waals surface area contributed by atoms with Crippen molar-refractivity contribution in [2.24, 2.45) is 0 Å². The number of hydrogen-bond donors (Lipinski definition) is 0. The van der Waals surface area contributed by atoms with Gasteiger partial charge in [-0.1, -0.05) is 23.4 Å². The van der Waals surface area contributed by atoms with Crippen molar-refractivity contribution in [3.8, 4) is 0 Å². The van der Waals surface area contributed by atoms with Crippen molar-refractivity contribution in [2.75, 3.05) is 18.6 Å². The third-order valence-corrected chi connectivity index (χ3v) is 3.82. The van der Waals surface area contributed by atoms with E-state index in [4.69, 9.17) is 9.26 Å². The molecule has 1 atom stereocenters. The molecule has 0 spiro atoms. The standard InChI is InChI=1S/C16H16N2O4/c1-10-9-13(17-22-10)15(19)18-8-7-12(16(20)21-2)11-5-3-4-6-14(11)18/h3-6,9,12H,7-8H2,1-2H3. The van der Waals surface area contributed by atoms with Gasteiger partial charge in [-0.2, -0.15) is 0 Å². The molecule has 1 aliphatic heterocycles. The summed E-state index contributed by atoms with van der Waals surface area (Å²) >= 11 is 0. The molecule has 0 saturated carbocycles. The average molecular weight is 300 g/mol. The second-order valence-electron chi connectivity index (χ2n) is 5.20. The summed E-state index contributed by atoms with van der Waals surface area (Å²) in [6.07, 6.45) is 0.520. The molecular weight excluding hydrogens is 284 g/mol. The van der Waals surface area contributed by atoms with Crippen LogP contribution >= 0.6 is 0 Å². The lowest BCUT2D eigenvalue weighted by molar-refractivity contribution is -0.142. The molecule has 0 saturated heterocycles. The molecule has 1 amide bonds. The Hall–Kier alpha value is -2.63. The van der Waals surface area contributed by atoms with Crippen molar-refractivity contribution < 1.29 is 18.8 Å². The van der Waals surface area contributed by atoms with E-state index in [0.29, 0.717) is 18.7 Å². The summed E-state index contributed by atoms with van der Waals surface area (Å²) in [6, 6.07) is 8.98. The first kappa shape index (κ1) is 14.3. The van der Waals surface area contributed by atoms with Crippen molar-refractivity contribution in [3.05, 3.63) is 47.3 Å². The van der Waals surface area contributed by atoms with E-state index in [1.807, 2.05) is 24.3 Å². The van der Waals surface area contributed by atoms with Crippen molar-refractivity contribution in [3.63, 3.8) is 0 Å². The van der Waals surface area contributed by atoms with Crippen LogP contribution < -0.4 is 4.90 Å². The molecule has 2 aromatic rings. The molecule has 0 aliphatic carbocycles. The quantitative estimate of drug-likeness (QED) is 0.796. The summed E-state index contributed by atoms with van der Waals surface area (Å²) in [7, 11) is 1.38. The zero-order valence-electron chi connectivity index (χ0n) is 12.4. The highest BCUT2D eigenvalue weighted by atomic mass is 16.5. The second-order valence-corrected chi connectivity index (χ2v) is 5.20. The molecule has 6 heteroatoms. The van der Waals surface area contributed by atoms with Crippen LogP contribution in [0, 0.1) is 6.92 Å². The van der Waals surface area contributed by atoms with E-state index in [-0.39, 0.29) is 23.5 Å². The van der Waals surface area contributed by atoms with Crippen LogP contribution in [0.2, 0.25) is 0 Å². The maximum Gasteiger partial charge on any atom is 0.313 e. The maximum absolute atomic E-state index is 12.6. The topological polar surface area (TPSA) is 72.6 Å². The number of benzene rings is 1. The highest BCUT2D eigenvalue weighted by Gasteiger charge is 2.34. The van der Waals surface area contributed by atoms with Crippen LogP contribution in [-0.2, 0) is 9.53 Å². The summed E-state index contributed by atoms with van der Waals surface area (Å²) in [5.41, 5.74) is 1.78. The van der Waals surface area contributed by atoms with Crippen molar-refractivity contribution >= 4 is 17.6 Å². The minimum absolute atomic E-state index is 0.229. The summed E-state index contributed by atoms with van der Waals surface area (Å²) in [6.45, 7) is 2.17. The number of carbonyl (C=O) groups excluding carboxylic acids is 2. The first-order valence-corrected chi connectivity index (χ1v) is 7.03. The van der Waals surface area contributed by atoms with E-state index >= 15 is 0 Å².